The summed E-state index contributed by atoms with van der Waals surface area (Å²) in [6.07, 6.45) is 5.02. The summed E-state index contributed by atoms with van der Waals surface area (Å²) in [5, 5.41) is 17.8. The number of carbonyl (C=O) groups excluding carboxylic acids is 1. The normalized spacial score (nSPS) is 20.8. The summed E-state index contributed by atoms with van der Waals surface area (Å²) in [7, 11) is 0. The van der Waals surface area contributed by atoms with Crippen LogP contribution >= 0.6 is 11.3 Å². The van der Waals surface area contributed by atoms with Gasteiger partial charge >= 0.3 is 0 Å². The van der Waals surface area contributed by atoms with E-state index >= 15 is 0 Å². The van der Waals surface area contributed by atoms with Gasteiger partial charge in [0.05, 0.1) is 24.0 Å². The van der Waals surface area contributed by atoms with Gasteiger partial charge < -0.3 is 10.2 Å². The van der Waals surface area contributed by atoms with Gasteiger partial charge in [0, 0.05) is 41.9 Å². The lowest BCUT2D eigenvalue weighted by Gasteiger charge is -2.23. The minimum atomic E-state index is -1.12. The van der Waals surface area contributed by atoms with Gasteiger partial charge in [-0.25, -0.2) is 13.9 Å². The van der Waals surface area contributed by atoms with Crippen LogP contribution in [0.4, 0.5) is 22.0 Å². The fourth-order valence-corrected chi connectivity index (χ4v) is 4.81. The van der Waals surface area contributed by atoms with Crippen LogP contribution < -0.4 is 10.2 Å². The first-order valence-corrected chi connectivity index (χ1v) is 11.5. The molecular weight excluding hydrogens is 431 g/mol. The van der Waals surface area contributed by atoms with Gasteiger partial charge in [-0.2, -0.15) is 10.1 Å². The largest absolute Gasteiger partial charge is 0.326 e. The van der Waals surface area contributed by atoms with Crippen molar-refractivity contribution in [2.45, 2.75) is 43.8 Å². The van der Waals surface area contributed by atoms with E-state index in [-0.39, 0.29) is 25.2 Å². The highest BCUT2D eigenvalue weighted by atomic mass is 32.1. The van der Waals surface area contributed by atoms with Crippen molar-refractivity contribution in [1.82, 2.24) is 29.8 Å². The number of ketones is 1. The number of hydrogen-bond acceptors (Lipinski definition) is 8. The highest BCUT2D eigenvalue weighted by molar-refractivity contribution is 7.09. The van der Waals surface area contributed by atoms with Gasteiger partial charge in [0.2, 0.25) is 5.95 Å². The SMILES string of the molecule is O=C(Cc1nccs1)[C@@H]1C[C@@H](F)CN1c1nc(Nc2cc(C3CC3)[nH]n2)c2cccn2n1. The smallest absolute Gasteiger partial charge is 0.246 e. The van der Waals surface area contributed by atoms with Crippen LogP contribution in [0.25, 0.3) is 5.52 Å². The zero-order valence-corrected chi connectivity index (χ0v) is 17.9. The first-order chi connectivity index (χ1) is 15.6. The highest BCUT2D eigenvalue weighted by Crippen LogP contribution is 2.39. The minimum absolute atomic E-state index is 0.0767. The van der Waals surface area contributed by atoms with Crippen LogP contribution in [0.3, 0.4) is 0 Å². The minimum Gasteiger partial charge on any atom is -0.326 e. The van der Waals surface area contributed by atoms with Gasteiger partial charge in [0.15, 0.2) is 17.4 Å². The van der Waals surface area contributed by atoms with Crippen molar-refractivity contribution in [1.29, 1.82) is 0 Å². The van der Waals surface area contributed by atoms with E-state index in [0.717, 1.165) is 16.2 Å². The van der Waals surface area contributed by atoms with Gasteiger partial charge in [0.25, 0.3) is 0 Å². The van der Waals surface area contributed by atoms with Crippen molar-refractivity contribution in [3.63, 3.8) is 0 Å². The molecule has 2 fully saturated rings. The Balaban J connectivity index is 1.31. The molecule has 1 saturated heterocycles. The third-order valence-corrected chi connectivity index (χ3v) is 6.71. The maximum atomic E-state index is 14.4. The number of nitrogens with zero attached hydrogens (tertiary/aromatic N) is 6. The number of halogens is 1. The monoisotopic (exact) mass is 452 g/mol. The van der Waals surface area contributed by atoms with Crippen molar-refractivity contribution in [2.75, 3.05) is 16.8 Å². The molecule has 6 rings (SSSR count). The Morgan fingerprint density at radius 2 is 2.28 bits per heavy atom. The fourth-order valence-electron chi connectivity index (χ4n) is 4.18. The molecule has 9 nitrogen and oxygen atoms in total. The second kappa shape index (κ2) is 7.66. The Hall–Kier alpha value is -3.34. The number of H-pyrrole nitrogens is 1. The number of rotatable bonds is 7. The molecule has 0 aromatic carbocycles. The lowest BCUT2D eigenvalue weighted by atomic mass is 10.1. The first-order valence-electron chi connectivity index (χ1n) is 10.6. The maximum absolute atomic E-state index is 14.4. The Morgan fingerprint density at radius 3 is 3.09 bits per heavy atom. The Bertz CT molecular complexity index is 1260. The zero-order chi connectivity index (χ0) is 21.7. The molecule has 2 atom stereocenters. The number of carbonyl (C=O) groups is 1. The number of nitrogens with one attached hydrogen (secondary N) is 2. The maximum Gasteiger partial charge on any atom is 0.246 e. The molecule has 0 radical (unpaired) electrons. The number of anilines is 3. The molecule has 2 N–H and O–H groups in total. The van der Waals surface area contributed by atoms with Crippen molar-refractivity contribution < 1.29 is 9.18 Å². The molecule has 0 bridgehead atoms. The second-order valence-electron chi connectivity index (χ2n) is 8.28. The molecule has 4 aromatic heterocycles. The molecule has 1 saturated carbocycles. The van der Waals surface area contributed by atoms with Crippen LogP contribution in [0.1, 0.15) is 35.9 Å². The van der Waals surface area contributed by atoms with Gasteiger partial charge in [-0.3, -0.25) is 9.89 Å². The average Bonchev–Trinajstić information content (AvgIpc) is 3.21. The number of thiazole rings is 1. The summed E-state index contributed by atoms with van der Waals surface area (Å²) < 4.78 is 16.1. The van der Waals surface area contributed by atoms with Gasteiger partial charge in [0.1, 0.15) is 11.7 Å². The number of hydrogen-bond donors (Lipinski definition) is 2. The van der Waals surface area contributed by atoms with E-state index in [9.17, 15) is 9.18 Å². The van der Waals surface area contributed by atoms with Gasteiger partial charge in [-0.05, 0) is 25.0 Å². The standard InChI is InChI=1S/C21H21FN8OS/c22-13-8-16(17(31)10-19-23-5-7-32-19)29(11-13)21-25-20(15-2-1-6-30(15)28-21)24-18-9-14(26-27-18)12-3-4-12/h1-2,5-7,9,12-13,16H,3-4,8,10-11H2,(H2,24,25,26,27,28)/t13-,16+/m1/s1. The molecule has 2 aliphatic rings. The third kappa shape index (κ3) is 3.62. The Morgan fingerprint density at radius 1 is 1.38 bits per heavy atom. The van der Waals surface area contributed by atoms with E-state index in [1.165, 1.54) is 24.2 Å². The summed E-state index contributed by atoms with van der Waals surface area (Å²) in [5.41, 5.74) is 1.88. The van der Waals surface area contributed by atoms with Crippen LogP contribution in [0.15, 0.2) is 36.0 Å². The quantitative estimate of drug-likeness (QED) is 0.444. The topological polar surface area (TPSA) is 104 Å². The summed E-state index contributed by atoms with van der Waals surface area (Å²) in [5.74, 6) is 2.02. The number of fused-ring (bicyclic) bond motifs is 1. The molecule has 32 heavy (non-hydrogen) atoms. The molecule has 0 unspecified atom stereocenters. The third-order valence-electron chi connectivity index (χ3n) is 5.93. The first kappa shape index (κ1) is 19.4. The van der Waals surface area contributed by atoms with Crippen molar-refractivity contribution in [3.05, 3.63) is 46.7 Å². The molecule has 4 aromatic rings. The lowest BCUT2D eigenvalue weighted by Crippen LogP contribution is -2.38. The predicted octanol–water partition coefficient (Wildman–Crippen LogP) is 3.26. The molecule has 11 heteroatoms. The van der Waals surface area contributed by atoms with Crippen LogP contribution in [0.5, 0.6) is 0 Å². The molecule has 5 heterocycles. The van der Waals surface area contributed by atoms with Crippen LogP contribution in [-0.4, -0.2) is 54.3 Å². The molecule has 0 spiro atoms. The fraction of sp³-hybridized carbons (Fsp3) is 0.381. The molecular formula is C21H21FN8OS. The van der Waals surface area contributed by atoms with Gasteiger partial charge in [-0.1, -0.05) is 0 Å². The number of aromatic amines is 1. The zero-order valence-electron chi connectivity index (χ0n) is 17.1. The van der Waals surface area contributed by atoms with Crippen molar-refractivity contribution in [2.24, 2.45) is 0 Å². The Labute approximate surface area is 186 Å². The lowest BCUT2D eigenvalue weighted by molar-refractivity contribution is -0.119. The second-order valence-corrected chi connectivity index (χ2v) is 9.26. The highest BCUT2D eigenvalue weighted by Gasteiger charge is 2.39. The summed E-state index contributed by atoms with van der Waals surface area (Å²) in [6, 6.07) is 5.13. The number of alkyl halides is 1. The number of aromatic nitrogens is 6. The number of Topliss-reactive ketones (excluding diaryl/α,β-unsaturated/α-hetero) is 1. The van der Waals surface area contributed by atoms with Crippen molar-refractivity contribution >= 4 is 40.2 Å². The Kier molecular flexibility index (Phi) is 4.63. The van der Waals surface area contributed by atoms with Crippen LogP contribution in [-0.2, 0) is 11.2 Å². The van der Waals surface area contributed by atoms with E-state index in [1.807, 2.05) is 23.6 Å². The molecule has 1 aliphatic heterocycles. The van der Waals surface area contributed by atoms with E-state index < -0.39 is 12.2 Å². The van der Waals surface area contributed by atoms with E-state index in [4.69, 9.17) is 0 Å². The van der Waals surface area contributed by atoms with Gasteiger partial charge in [-0.15, -0.1) is 16.4 Å². The summed E-state index contributed by atoms with van der Waals surface area (Å²) >= 11 is 1.42. The van der Waals surface area contributed by atoms with Crippen LogP contribution in [0.2, 0.25) is 0 Å². The summed E-state index contributed by atoms with van der Waals surface area (Å²) in [4.78, 5) is 23.5. The van der Waals surface area contributed by atoms with E-state index in [1.54, 1.807) is 21.8 Å². The van der Waals surface area contributed by atoms with E-state index in [2.05, 4.69) is 30.6 Å². The predicted molar refractivity (Wildman–Crippen MR) is 118 cm³/mol. The van der Waals surface area contributed by atoms with Crippen molar-refractivity contribution in [3.8, 4) is 0 Å². The summed E-state index contributed by atoms with van der Waals surface area (Å²) in [6.45, 7) is 0.0781. The van der Waals surface area contributed by atoms with E-state index in [0.29, 0.717) is 23.5 Å². The molecule has 1 aliphatic carbocycles. The molecule has 164 valence electrons. The average molecular weight is 453 g/mol. The molecule has 0 amide bonds. The van der Waals surface area contributed by atoms with Crippen LogP contribution in [0, 0.1) is 0 Å².